The zero-order chi connectivity index (χ0) is 12.2. The Morgan fingerprint density at radius 1 is 1.25 bits per heavy atom. The average Bonchev–Trinajstić information content (AvgIpc) is 2.29. The number of hydrogen-bond donors (Lipinski definition) is 0. The van der Waals surface area contributed by atoms with Crippen molar-refractivity contribution >= 4 is 11.8 Å². The Balaban J connectivity index is 0.000000288. The summed E-state index contributed by atoms with van der Waals surface area (Å²) < 4.78 is 9.19. The first kappa shape index (κ1) is 15.1. The van der Waals surface area contributed by atoms with Gasteiger partial charge in [-0.2, -0.15) is 0 Å². The van der Waals surface area contributed by atoms with Crippen LogP contribution in [0.2, 0.25) is 0 Å². The lowest BCUT2D eigenvalue weighted by atomic mass is 10.00. The minimum absolute atomic E-state index is 0.0556. The maximum Gasteiger partial charge on any atom is 0.332 e. The molecular formula is C12H22O4. The third-order valence-corrected chi connectivity index (χ3v) is 2.14. The van der Waals surface area contributed by atoms with Crippen molar-refractivity contribution in [2.75, 3.05) is 20.3 Å². The quantitative estimate of drug-likeness (QED) is 0.694. The van der Waals surface area contributed by atoms with E-state index in [1.54, 1.807) is 0 Å². The van der Waals surface area contributed by atoms with E-state index in [4.69, 9.17) is 0 Å². The van der Waals surface area contributed by atoms with E-state index in [1.807, 2.05) is 6.92 Å². The number of methoxy groups -OCH3 is 1. The molecule has 0 amide bonds. The van der Waals surface area contributed by atoms with Crippen LogP contribution in [-0.2, 0) is 19.1 Å². The number of ketones is 1. The number of rotatable bonds is 4. The van der Waals surface area contributed by atoms with E-state index in [0.29, 0.717) is 12.4 Å². The lowest BCUT2D eigenvalue weighted by Crippen LogP contribution is -2.11. The summed E-state index contributed by atoms with van der Waals surface area (Å²) in [5.74, 6) is 0.172. The molecule has 0 atom stereocenters. The number of hydrogen-bond acceptors (Lipinski definition) is 4. The fraction of sp³-hybridized carbons (Fsp3) is 0.833. The molecule has 1 saturated carbocycles. The second-order valence-electron chi connectivity index (χ2n) is 3.75. The predicted molar refractivity (Wildman–Crippen MR) is 61.2 cm³/mol. The van der Waals surface area contributed by atoms with Gasteiger partial charge in [-0.3, -0.25) is 4.79 Å². The maximum atomic E-state index is 10.5. The van der Waals surface area contributed by atoms with Crippen molar-refractivity contribution in [3.63, 3.8) is 0 Å². The van der Waals surface area contributed by atoms with Gasteiger partial charge in [-0.25, -0.2) is 4.79 Å². The molecule has 0 saturated heterocycles. The summed E-state index contributed by atoms with van der Waals surface area (Å²) in [6.07, 6.45) is 6.10. The Labute approximate surface area is 97.3 Å². The fourth-order valence-electron chi connectivity index (χ4n) is 1.32. The van der Waals surface area contributed by atoms with Gasteiger partial charge in [0.2, 0.25) is 0 Å². The second kappa shape index (κ2) is 10.6. The normalized spacial score (nSPS) is 15.0. The van der Waals surface area contributed by atoms with Gasteiger partial charge < -0.3 is 9.47 Å². The van der Waals surface area contributed by atoms with Crippen LogP contribution in [0.25, 0.3) is 0 Å². The van der Waals surface area contributed by atoms with E-state index in [1.165, 1.54) is 13.5 Å². The summed E-state index contributed by atoms with van der Waals surface area (Å²) in [6, 6.07) is 0. The summed E-state index contributed by atoms with van der Waals surface area (Å²) in [7, 11) is 1.47. The van der Waals surface area contributed by atoms with Gasteiger partial charge in [0.05, 0.1) is 6.61 Å². The SMILES string of the molecule is CCCOC(=O)COC.O=C1CCCCC1. The molecule has 1 aliphatic rings. The highest BCUT2D eigenvalue weighted by Crippen LogP contribution is 2.12. The van der Waals surface area contributed by atoms with E-state index in [9.17, 15) is 9.59 Å². The first-order valence-corrected chi connectivity index (χ1v) is 5.87. The van der Waals surface area contributed by atoms with Crippen LogP contribution in [-0.4, -0.2) is 32.1 Å². The zero-order valence-electron chi connectivity index (χ0n) is 10.3. The zero-order valence-corrected chi connectivity index (χ0v) is 10.3. The van der Waals surface area contributed by atoms with Crippen molar-refractivity contribution in [1.29, 1.82) is 0 Å². The molecular weight excluding hydrogens is 208 g/mol. The highest BCUT2D eigenvalue weighted by atomic mass is 16.6. The molecule has 0 bridgehead atoms. The van der Waals surface area contributed by atoms with Crippen molar-refractivity contribution in [3.05, 3.63) is 0 Å². The topological polar surface area (TPSA) is 52.6 Å². The smallest absolute Gasteiger partial charge is 0.332 e. The monoisotopic (exact) mass is 230 g/mol. The molecule has 1 aliphatic carbocycles. The molecule has 1 rings (SSSR count). The minimum Gasteiger partial charge on any atom is -0.464 e. The molecule has 0 heterocycles. The lowest BCUT2D eigenvalue weighted by molar-refractivity contribution is -0.147. The standard InChI is InChI=1S/C6H12O3.C6H10O/c1-3-4-9-6(7)5-8-2;7-6-4-2-1-3-5-6/h3-5H2,1-2H3;1-5H2. The number of esters is 1. The molecule has 0 aromatic heterocycles. The Hall–Kier alpha value is -0.900. The Morgan fingerprint density at radius 3 is 2.25 bits per heavy atom. The van der Waals surface area contributed by atoms with Crippen LogP contribution in [0.4, 0.5) is 0 Å². The molecule has 1 fully saturated rings. The molecule has 16 heavy (non-hydrogen) atoms. The Morgan fingerprint density at radius 2 is 1.88 bits per heavy atom. The number of Topliss-reactive ketones (excluding diaryl/α,β-unsaturated/α-hetero) is 1. The number of carbonyl (C=O) groups excluding carboxylic acids is 2. The van der Waals surface area contributed by atoms with E-state index >= 15 is 0 Å². The van der Waals surface area contributed by atoms with Crippen LogP contribution in [0.5, 0.6) is 0 Å². The highest BCUT2D eigenvalue weighted by Gasteiger charge is 2.05. The van der Waals surface area contributed by atoms with Crippen LogP contribution in [0.3, 0.4) is 0 Å². The lowest BCUT2D eigenvalue weighted by Gasteiger charge is -2.05. The van der Waals surface area contributed by atoms with E-state index in [0.717, 1.165) is 32.1 Å². The third-order valence-electron chi connectivity index (χ3n) is 2.14. The average molecular weight is 230 g/mol. The van der Waals surface area contributed by atoms with Crippen LogP contribution in [0.1, 0.15) is 45.4 Å². The van der Waals surface area contributed by atoms with Crippen molar-refractivity contribution < 1.29 is 19.1 Å². The van der Waals surface area contributed by atoms with Crippen LogP contribution >= 0.6 is 0 Å². The third kappa shape index (κ3) is 9.65. The van der Waals surface area contributed by atoms with E-state index in [-0.39, 0.29) is 12.6 Å². The minimum atomic E-state index is -0.292. The van der Waals surface area contributed by atoms with Gasteiger partial charge in [0, 0.05) is 20.0 Å². The molecule has 0 aromatic rings. The molecule has 94 valence electrons. The summed E-state index contributed by atoms with van der Waals surface area (Å²) in [6.45, 7) is 2.49. The predicted octanol–water partition coefficient (Wildman–Crippen LogP) is 2.11. The summed E-state index contributed by atoms with van der Waals surface area (Å²) >= 11 is 0. The summed E-state index contributed by atoms with van der Waals surface area (Å²) in [4.78, 5) is 20.9. The molecule has 0 radical (unpaired) electrons. The van der Waals surface area contributed by atoms with Gasteiger partial charge in [0.15, 0.2) is 0 Å². The van der Waals surface area contributed by atoms with Crippen molar-refractivity contribution in [2.45, 2.75) is 45.4 Å². The second-order valence-corrected chi connectivity index (χ2v) is 3.75. The van der Waals surface area contributed by atoms with Gasteiger partial charge >= 0.3 is 5.97 Å². The molecule has 0 aromatic carbocycles. The van der Waals surface area contributed by atoms with Gasteiger partial charge in [-0.1, -0.05) is 13.3 Å². The number of ether oxygens (including phenoxy) is 2. The highest BCUT2D eigenvalue weighted by molar-refractivity contribution is 5.78. The Bertz CT molecular complexity index is 193. The van der Waals surface area contributed by atoms with Crippen LogP contribution in [0, 0.1) is 0 Å². The molecule has 0 unspecified atom stereocenters. The Kier molecular flexibility index (Phi) is 10.0. The van der Waals surface area contributed by atoms with E-state index < -0.39 is 0 Å². The number of carbonyl (C=O) groups is 2. The summed E-state index contributed by atoms with van der Waals surface area (Å²) in [5.41, 5.74) is 0. The first-order valence-electron chi connectivity index (χ1n) is 5.87. The van der Waals surface area contributed by atoms with E-state index in [2.05, 4.69) is 9.47 Å². The molecule has 0 N–H and O–H groups in total. The van der Waals surface area contributed by atoms with Gasteiger partial charge in [-0.15, -0.1) is 0 Å². The van der Waals surface area contributed by atoms with Gasteiger partial charge in [-0.05, 0) is 19.3 Å². The molecule has 4 nitrogen and oxygen atoms in total. The molecule has 0 spiro atoms. The fourth-order valence-corrected chi connectivity index (χ4v) is 1.32. The van der Waals surface area contributed by atoms with Gasteiger partial charge in [0.25, 0.3) is 0 Å². The van der Waals surface area contributed by atoms with Crippen LogP contribution in [0.15, 0.2) is 0 Å². The first-order chi connectivity index (χ1) is 7.70. The largest absolute Gasteiger partial charge is 0.464 e. The van der Waals surface area contributed by atoms with Crippen LogP contribution < -0.4 is 0 Å². The van der Waals surface area contributed by atoms with Gasteiger partial charge in [0.1, 0.15) is 12.4 Å². The molecule has 4 heteroatoms. The summed E-state index contributed by atoms with van der Waals surface area (Å²) in [5, 5.41) is 0. The van der Waals surface area contributed by atoms with Crippen molar-refractivity contribution in [1.82, 2.24) is 0 Å². The van der Waals surface area contributed by atoms with Crippen molar-refractivity contribution in [3.8, 4) is 0 Å². The molecule has 0 aliphatic heterocycles. The van der Waals surface area contributed by atoms with Crippen molar-refractivity contribution in [2.24, 2.45) is 0 Å². The maximum absolute atomic E-state index is 10.5.